The van der Waals surface area contributed by atoms with Crippen LogP contribution in [0.3, 0.4) is 0 Å². The first kappa shape index (κ1) is 12.5. The van der Waals surface area contributed by atoms with Crippen LogP contribution in [0.1, 0.15) is 34.1 Å². The summed E-state index contributed by atoms with van der Waals surface area (Å²) in [6.07, 6.45) is 1.58. The average molecular weight is 256 g/mol. The maximum absolute atomic E-state index is 11.9. The molecule has 0 aliphatic heterocycles. The summed E-state index contributed by atoms with van der Waals surface area (Å²) in [6.45, 7) is 0.424. The summed E-state index contributed by atoms with van der Waals surface area (Å²) in [5.74, 6) is 0.315. The summed E-state index contributed by atoms with van der Waals surface area (Å²) in [7, 11) is 1.51. The van der Waals surface area contributed by atoms with Crippen LogP contribution in [0.2, 0.25) is 0 Å². The molecule has 1 aliphatic rings. The Labute approximate surface area is 104 Å². The molecule has 6 heteroatoms. The average Bonchev–Trinajstić information content (AvgIpc) is 3.04. The van der Waals surface area contributed by atoms with Gasteiger partial charge in [-0.05, 0) is 12.8 Å². The van der Waals surface area contributed by atoms with Crippen molar-refractivity contribution in [2.45, 2.75) is 24.9 Å². The van der Waals surface area contributed by atoms with Crippen molar-refractivity contribution in [1.82, 2.24) is 10.3 Å². The van der Waals surface area contributed by atoms with E-state index in [1.807, 2.05) is 0 Å². The monoisotopic (exact) mass is 256 g/mol. The molecular weight excluding hydrogens is 240 g/mol. The lowest BCUT2D eigenvalue weighted by molar-refractivity contribution is 0.0610. The third kappa shape index (κ3) is 3.24. The van der Waals surface area contributed by atoms with E-state index in [-0.39, 0.29) is 19.1 Å². The normalized spacial score (nSPS) is 16.8. The topological polar surface area (TPSA) is 71.5 Å². The van der Waals surface area contributed by atoms with Gasteiger partial charge in [-0.2, -0.15) is 0 Å². The van der Waals surface area contributed by atoms with Crippen molar-refractivity contribution in [1.29, 1.82) is 0 Å². The van der Waals surface area contributed by atoms with Crippen LogP contribution in [0.15, 0.2) is 5.51 Å². The molecule has 1 fully saturated rings. The highest BCUT2D eigenvalue weighted by molar-refractivity contribution is 7.11. The van der Waals surface area contributed by atoms with Crippen molar-refractivity contribution in [2.75, 3.05) is 20.3 Å². The highest BCUT2D eigenvalue weighted by Gasteiger charge is 2.30. The lowest BCUT2D eigenvalue weighted by Crippen LogP contribution is -2.34. The molecule has 1 aromatic rings. The summed E-state index contributed by atoms with van der Waals surface area (Å²) >= 11 is 1.35. The zero-order valence-electron chi connectivity index (χ0n) is 9.68. The second-order valence-electron chi connectivity index (χ2n) is 4.16. The Morgan fingerprint density at radius 3 is 3.18 bits per heavy atom. The molecule has 1 unspecified atom stereocenters. The van der Waals surface area contributed by atoms with Gasteiger partial charge in [-0.15, -0.1) is 11.3 Å². The van der Waals surface area contributed by atoms with Gasteiger partial charge in [-0.1, -0.05) is 0 Å². The molecule has 0 radical (unpaired) electrons. The van der Waals surface area contributed by atoms with Crippen LogP contribution in [0.5, 0.6) is 0 Å². The van der Waals surface area contributed by atoms with Gasteiger partial charge in [-0.25, -0.2) is 4.98 Å². The third-order valence-corrected chi connectivity index (χ3v) is 3.46. The van der Waals surface area contributed by atoms with Crippen LogP contribution in [-0.4, -0.2) is 42.4 Å². The Hall–Kier alpha value is -0.980. The molecule has 1 heterocycles. The summed E-state index contributed by atoms with van der Waals surface area (Å²) in [6, 6.07) is 0. The molecule has 17 heavy (non-hydrogen) atoms. The number of aromatic nitrogens is 1. The molecule has 1 atom stereocenters. The van der Waals surface area contributed by atoms with E-state index in [1.54, 1.807) is 5.51 Å². The van der Waals surface area contributed by atoms with Gasteiger partial charge in [0.05, 0.1) is 23.9 Å². The number of methoxy groups -OCH3 is 1. The van der Waals surface area contributed by atoms with Gasteiger partial charge in [0.25, 0.3) is 5.91 Å². The van der Waals surface area contributed by atoms with E-state index >= 15 is 0 Å². The Bertz CT molecular complexity index is 390. The Morgan fingerprint density at radius 1 is 1.76 bits per heavy atom. The molecule has 0 saturated heterocycles. The van der Waals surface area contributed by atoms with Gasteiger partial charge in [0, 0.05) is 19.6 Å². The molecule has 1 aromatic heterocycles. The molecule has 0 aromatic carbocycles. The van der Waals surface area contributed by atoms with Gasteiger partial charge in [0.1, 0.15) is 4.88 Å². The summed E-state index contributed by atoms with van der Waals surface area (Å²) in [5.41, 5.74) is 2.61. The molecule has 2 rings (SSSR count). The number of nitrogens with one attached hydrogen (secondary N) is 1. The lowest BCUT2D eigenvalue weighted by atomic mass is 10.2. The molecule has 2 N–H and O–H groups in total. The van der Waals surface area contributed by atoms with Crippen molar-refractivity contribution in [3.05, 3.63) is 16.1 Å². The molecule has 1 saturated carbocycles. The van der Waals surface area contributed by atoms with E-state index in [9.17, 15) is 9.90 Å². The van der Waals surface area contributed by atoms with Gasteiger partial charge < -0.3 is 15.2 Å². The number of aliphatic hydroxyl groups excluding tert-OH is 1. The number of carbonyl (C=O) groups is 1. The quantitative estimate of drug-likeness (QED) is 0.788. The van der Waals surface area contributed by atoms with Crippen LogP contribution in [-0.2, 0) is 4.74 Å². The molecule has 94 valence electrons. The first-order valence-corrected chi connectivity index (χ1v) is 6.49. The van der Waals surface area contributed by atoms with Crippen LogP contribution >= 0.6 is 11.3 Å². The maximum atomic E-state index is 11.9. The van der Waals surface area contributed by atoms with Crippen molar-refractivity contribution < 1.29 is 14.6 Å². The number of carbonyl (C=O) groups excluding carboxylic acids is 1. The van der Waals surface area contributed by atoms with Crippen LogP contribution < -0.4 is 5.32 Å². The second-order valence-corrected chi connectivity index (χ2v) is 5.01. The summed E-state index contributed by atoms with van der Waals surface area (Å²) in [5, 5.41) is 12.1. The van der Waals surface area contributed by atoms with E-state index in [0.717, 1.165) is 18.5 Å². The number of amides is 1. The fourth-order valence-electron chi connectivity index (χ4n) is 1.61. The SMILES string of the molecule is COCC(O)CNC(=O)c1scnc1C1CC1. The van der Waals surface area contributed by atoms with Crippen molar-refractivity contribution >= 4 is 17.2 Å². The predicted molar refractivity (Wildman–Crippen MR) is 64.3 cm³/mol. The molecular formula is C11H16N2O3S. The second kappa shape index (κ2) is 5.57. The van der Waals surface area contributed by atoms with E-state index < -0.39 is 6.10 Å². The van der Waals surface area contributed by atoms with Crippen molar-refractivity contribution in [3.63, 3.8) is 0 Å². The highest BCUT2D eigenvalue weighted by Crippen LogP contribution is 2.41. The Balaban J connectivity index is 1.88. The fraction of sp³-hybridized carbons (Fsp3) is 0.636. The number of aliphatic hydroxyl groups is 1. The van der Waals surface area contributed by atoms with E-state index in [4.69, 9.17) is 4.74 Å². The van der Waals surface area contributed by atoms with Gasteiger partial charge >= 0.3 is 0 Å². The lowest BCUT2D eigenvalue weighted by Gasteiger charge is -2.10. The predicted octanol–water partition coefficient (Wildman–Crippen LogP) is 0.758. The molecule has 1 aliphatic carbocycles. The fourth-order valence-corrected chi connectivity index (χ4v) is 2.41. The van der Waals surface area contributed by atoms with Crippen molar-refractivity contribution in [3.8, 4) is 0 Å². The number of hydrogen-bond acceptors (Lipinski definition) is 5. The third-order valence-electron chi connectivity index (χ3n) is 2.62. The minimum atomic E-state index is -0.666. The van der Waals surface area contributed by atoms with Crippen LogP contribution in [0, 0.1) is 0 Å². The molecule has 1 amide bonds. The standard InChI is InChI=1S/C11H16N2O3S/c1-16-5-8(14)4-12-11(15)10-9(7-2-3-7)13-6-17-10/h6-8,14H,2-5H2,1H3,(H,12,15). The van der Waals surface area contributed by atoms with E-state index in [2.05, 4.69) is 10.3 Å². The Kier molecular flexibility index (Phi) is 4.09. The Morgan fingerprint density at radius 2 is 2.53 bits per heavy atom. The smallest absolute Gasteiger partial charge is 0.263 e. The van der Waals surface area contributed by atoms with Gasteiger partial charge in [-0.3, -0.25) is 4.79 Å². The molecule has 0 spiro atoms. The van der Waals surface area contributed by atoms with Gasteiger partial charge in [0.2, 0.25) is 0 Å². The minimum Gasteiger partial charge on any atom is -0.389 e. The minimum absolute atomic E-state index is 0.149. The highest BCUT2D eigenvalue weighted by atomic mass is 32.1. The number of hydrogen-bond donors (Lipinski definition) is 2. The maximum Gasteiger partial charge on any atom is 0.263 e. The van der Waals surface area contributed by atoms with Gasteiger partial charge in [0.15, 0.2) is 0 Å². The first-order valence-electron chi connectivity index (χ1n) is 5.61. The van der Waals surface area contributed by atoms with E-state index in [1.165, 1.54) is 18.4 Å². The zero-order chi connectivity index (χ0) is 12.3. The number of rotatable bonds is 6. The number of ether oxygens (including phenoxy) is 1. The van der Waals surface area contributed by atoms with Crippen LogP contribution in [0.4, 0.5) is 0 Å². The number of thiazole rings is 1. The molecule has 0 bridgehead atoms. The number of nitrogens with zero attached hydrogens (tertiary/aromatic N) is 1. The van der Waals surface area contributed by atoms with Crippen LogP contribution in [0.25, 0.3) is 0 Å². The van der Waals surface area contributed by atoms with Crippen molar-refractivity contribution in [2.24, 2.45) is 0 Å². The zero-order valence-corrected chi connectivity index (χ0v) is 10.5. The van der Waals surface area contributed by atoms with E-state index in [0.29, 0.717) is 10.8 Å². The molecule has 5 nitrogen and oxygen atoms in total. The summed E-state index contributed by atoms with van der Waals surface area (Å²) in [4.78, 5) is 16.8. The first-order chi connectivity index (χ1) is 8.22. The summed E-state index contributed by atoms with van der Waals surface area (Å²) < 4.78 is 4.79. The largest absolute Gasteiger partial charge is 0.389 e.